The average molecular weight is 1680 g/mol. The monoisotopic (exact) mass is 1680 g/mol. The standard InChI is InChI=1S/C28H26F6O.C25H27F.C22H15F7O.C21H13F7O/c1-2-3-17-4-6-18(7-5-17)19-8-10-20(11-9-19)22-15-24(30)27(25(31)16-22)21-12-13-26(23(29)14-21)35-28(32,33)34;1-3-5-6-7-20-10-14-22(15-11-20)24-17-16-23(18-25(24)26)21-12-8-19(4-2)9-13-21;1-2-3-12-4-6-13(7-5-12)14-8-16(23)20(17(24)9-14)22(28,29)30-15-10-18(25)21(27)19(26)11-15;1-2-11-3-5-12(6-4-11)13-7-15(22)19(16(23)8-13)21(27,28)29-14-9-17(24)20(26)18(25)10-14/h8-18H,2-7H2,1H3;8-18H,3-7H2,1-2H3;4-11H,2-3H2,1H3;3-10H,2H2,1H3. The fraction of sp³-hybridized carbons (Fsp3) is 0.250. The highest BCUT2D eigenvalue weighted by atomic mass is 19.4. The normalized spacial score (nSPS) is 13.4. The van der Waals surface area contributed by atoms with E-state index in [1.807, 2.05) is 62.4 Å². The van der Waals surface area contributed by atoms with Crippen LogP contribution in [0.1, 0.15) is 144 Å². The van der Waals surface area contributed by atoms with Crippen LogP contribution in [-0.4, -0.2) is 6.36 Å². The molecule has 1 aliphatic carbocycles. The van der Waals surface area contributed by atoms with E-state index in [2.05, 4.69) is 71.4 Å². The molecule has 13 rings (SSSR count). The van der Waals surface area contributed by atoms with Crippen LogP contribution < -0.4 is 14.2 Å². The highest BCUT2D eigenvalue weighted by Gasteiger charge is 2.43. The molecule has 0 bridgehead atoms. The summed E-state index contributed by atoms with van der Waals surface area (Å²) >= 11 is 0. The Bertz CT molecular complexity index is 5340. The molecule has 630 valence electrons. The predicted octanol–water partition coefficient (Wildman–Crippen LogP) is 30.7. The number of ether oxygens (including phenoxy) is 3. The third kappa shape index (κ3) is 23.6. The molecule has 1 fully saturated rings. The van der Waals surface area contributed by atoms with Crippen molar-refractivity contribution in [1.82, 2.24) is 0 Å². The Morgan fingerprint density at radius 3 is 1.03 bits per heavy atom. The minimum absolute atomic E-state index is 0.0149. The third-order valence-electron chi connectivity index (χ3n) is 20.3. The van der Waals surface area contributed by atoms with Crippen LogP contribution in [0.15, 0.2) is 218 Å². The Morgan fingerprint density at radius 2 is 0.650 bits per heavy atom. The SMILES string of the molecule is CCCC1CCC(c2ccc(-c3cc(F)c(-c4ccc(OC(F)(F)F)c(F)c4)c(F)c3)cc2)CC1.CCCCCc1ccc(-c2ccc(-c3ccc(CC)cc3)cc2F)cc1.CCCc1ccc(-c2cc(F)c(C(F)(F)Oc3cc(F)c(F)c(F)c3)c(F)c2)cc1.CCc1ccc(-c2cc(F)c(C(F)(F)Oc3cc(F)c(F)c(F)c3)c(F)c2)cc1. The van der Waals surface area contributed by atoms with E-state index in [4.69, 9.17) is 0 Å². The first kappa shape index (κ1) is 90.9. The van der Waals surface area contributed by atoms with Gasteiger partial charge in [-0.3, -0.25) is 0 Å². The van der Waals surface area contributed by atoms with Gasteiger partial charge in [0.15, 0.2) is 46.5 Å². The number of rotatable bonds is 24. The van der Waals surface area contributed by atoms with Crippen LogP contribution in [0.3, 0.4) is 0 Å². The predicted molar refractivity (Wildman–Crippen MR) is 422 cm³/mol. The fourth-order valence-electron chi connectivity index (χ4n) is 14.0. The molecule has 1 saturated carbocycles. The zero-order chi connectivity index (χ0) is 86.9. The second kappa shape index (κ2) is 40.6. The average Bonchev–Trinajstić information content (AvgIpc) is 0.789. The van der Waals surface area contributed by atoms with Gasteiger partial charge < -0.3 is 14.2 Å². The molecule has 3 nitrogen and oxygen atoms in total. The Balaban J connectivity index is 0.000000169. The molecule has 1 aliphatic rings. The summed E-state index contributed by atoms with van der Waals surface area (Å²) in [4.78, 5) is 0. The van der Waals surface area contributed by atoms with Gasteiger partial charge >= 0.3 is 18.6 Å². The Hall–Kier alpha value is -11.4. The number of unbranched alkanes of at least 4 members (excludes halogenated alkanes) is 2. The first-order valence-corrected chi connectivity index (χ1v) is 38.8. The van der Waals surface area contributed by atoms with Crippen LogP contribution in [0, 0.1) is 87.4 Å². The highest BCUT2D eigenvalue weighted by molar-refractivity contribution is 5.74. The third-order valence-corrected chi connectivity index (χ3v) is 20.3. The maximum Gasteiger partial charge on any atom is 0.573 e. The first-order chi connectivity index (χ1) is 57.1. The van der Waals surface area contributed by atoms with E-state index in [1.165, 1.54) is 61.6 Å². The van der Waals surface area contributed by atoms with Gasteiger partial charge in [-0.05, 0) is 208 Å². The van der Waals surface area contributed by atoms with Crippen molar-refractivity contribution >= 4 is 0 Å². The highest BCUT2D eigenvalue weighted by Crippen LogP contribution is 2.43. The van der Waals surface area contributed by atoms with Crippen LogP contribution in [0.25, 0.3) is 66.8 Å². The van der Waals surface area contributed by atoms with Crippen molar-refractivity contribution in [3.05, 3.63) is 339 Å². The number of alkyl halides is 7. The van der Waals surface area contributed by atoms with Gasteiger partial charge in [-0.1, -0.05) is 206 Å². The summed E-state index contributed by atoms with van der Waals surface area (Å²) in [7, 11) is 0. The smallest absolute Gasteiger partial charge is 0.429 e. The van der Waals surface area contributed by atoms with E-state index in [9.17, 15) is 92.2 Å². The molecule has 0 atom stereocenters. The number of benzene rings is 12. The van der Waals surface area contributed by atoms with Crippen LogP contribution in [0.4, 0.5) is 92.2 Å². The second-order valence-corrected chi connectivity index (χ2v) is 28.8. The molecule has 0 saturated heterocycles. The second-order valence-electron chi connectivity index (χ2n) is 28.8. The molecule has 0 spiro atoms. The molecule has 12 aromatic rings. The van der Waals surface area contributed by atoms with Gasteiger partial charge in [0.25, 0.3) is 0 Å². The molecule has 0 N–H and O–H groups in total. The molecular weight excluding hydrogens is 1600 g/mol. The van der Waals surface area contributed by atoms with Crippen molar-refractivity contribution < 1.29 is 106 Å². The van der Waals surface area contributed by atoms with Crippen molar-refractivity contribution in [3.8, 4) is 84.0 Å². The van der Waals surface area contributed by atoms with E-state index < -0.39 is 128 Å². The zero-order valence-corrected chi connectivity index (χ0v) is 65.5. The van der Waals surface area contributed by atoms with E-state index in [-0.39, 0.29) is 46.8 Å². The summed E-state index contributed by atoms with van der Waals surface area (Å²) in [5, 5.41) is 0. The topological polar surface area (TPSA) is 27.7 Å². The molecular formula is C96H81F21O3. The van der Waals surface area contributed by atoms with E-state index in [1.54, 1.807) is 54.6 Å². The number of hydrogen-bond donors (Lipinski definition) is 0. The minimum atomic E-state index is -5.08. The Morgan fingerprint density at radius 1 is 0.292 bits per heavy atom. The van der Waals surface area contributed by atoms with Crippen molar-refractivity contribution in [1.29, 1.82) is 0 Å². The van der Waals surface area contributed by atoms with Crippen molar-refractivity contribution in [3.63, 3.8) is 0 Å². The summed E-state index contributed by atoms with van der Waals surface area (Å²) < 4.78 is 301. The molecule has 0 radical (unpaired) electrons. The fourth-order valence-corrected chi connectivity index (χ4v) is 14.0. The summed E-state index contributed by atoms with van der Waals surface area (Å²) in [5.41, 5.74) is 6.99. The quantitative estimate of drug-likeness (QED) is 0.0343. The largest absolute Gasteiger partial charge is 0.573 e. The van der Waals surface area contributed by atoms with E-state index >= 15 is 0 Å². The summed E-state index contributed by atoms with van der Waals surface area (Å²) in [5.74, 6) is -22.9. The zero-order valence-electron chi connectivity index (χ0n) is 65.5. The lowest BCUT2D eigenvalue weighted by Crippen LogP contribution is -2.25. The van der Waals surface area contributed by atoms with Gasteiger partial charge in [-0.25, -0.2) is 61.5 Å². The maximum absolute atomic E-state index is 14.9. The molecule has 0 heterocycles. The molecule has 0 aliphatic heterocycles. The summed E-state index contributed by atoms with van der Waals surface area (Å²) in [6, 6.07) is 51.2. The van der Waals surface area contributed by atoms with Gasteiger partial charge in [0, 0.05) is 29.8 Å². The lowest BCUT2D eigenvalue weighted by molar-refractivity contribution is -0.275. The number of aryl methyl sites for hydroxylation is 4. The van der Waals surface area contributed by atoms with Crippen LogP contribution in [-0.2, 0) is 37.9 Å². The van der Waals surface area contributed by atoms with Gasteiger partial charge in [-0.15, -0.1) is 13.2 Å². The van der Waals surface area contributed by atoms with Crippen molar-refractivity contribution in [2.75, 3.05) is 0 Å². The van der Waals surface area contributed by atoms with Crippen molar-refractivity contribution in [2.24, 2.45) is 5.92 Å². The first-order valence-electron chi connectivity index (χ1n) is 38.8. The molecule has 0 aromatic heterocycles. The Kier molecular flexibility index (Phi) is 30.7. The van der Waals surface area contributed by atoms with E-state index in [0.717, 1.165) is 96.9 Å². The number of halogens is 21. The number of hydrogen-bond acceptors (Lipinski definition) is 3. The van der Waals surface area contributed by atoms with Gasteiger partial charge in [0.05, 0.1) is 5.56 Å². The van der Waals surface area contributed by atoms with Crippen LogP contribution >= 0.6 is 0 Å². The van der Waals surface area contributed by atoms with Gasteiger partial charge in [0.1, 0.15) is 63.3 Å². The van der Waals surface area contributed by atoms with Crippen molar-refractivity contribution in [2.45, 2.75) is 149 Å². The minimum Gasteiger partial charge on any atom is -0.429 e. The van der Waals surface area contributed by atoms with E-state index in [0.29, 0.717) is 70.1 Å². The molecule has 0 amide bonds. The molecule has 120 heavy (non-hydrogen) atoms. The van der Waals surface area contributed by atoms with Crippen LogP contribution in [0.2, 0.25) is 0 Å². The lowest BCUT2D eigenvalue weighted by atomic mass is 9.77. The van der Waals surface area contributed by atoms with Gasteiger partial charge in [0.2, 0.25) is 0 Å². The maximum atomic E-state index is 14.9. The molecule has 12 aromatic carbocycles. The Labute approximate surface area is 681 Å². The van der Waals surface area contributed by atoms with Crippen LogP contribution in [0.5, 0.6) is 17.2 Å². The molecule has 0 unspecified atom stereocenters. The summed E-state index contributed by atoms with van der Waals surface area (Å²) in [6.45, 7) is 10.5. The lowest BCUT2D eigenvalue weighted by Gasteiger charge is -2.28. The van der Waals surface area contributed by atoms with Gasteiger partial charge in [-0.2, -0.15) is 17.6 Å². The summed E-state index contributed by atoms with van der Waals surface area (Å²) in [6.07, 6.45) is 1.21. The molecule has 24 heteroatoms.